The van der Waals surface area contributed by atoms with E-state index < -0.39 is 5.60 Å². The minimum absolute atomic E-state index is 0.00711. The largest absolute Gasteiger partial charge is 0.444 e. The highest BCUT2D eigenvalue weighted by atomic mass is 16.6. The second-order valence-corrected chi connectivity index (χ2v) is 16.7. The van der Waals surface area contributed by atoms with Crippen LogP contribution in [0, 0.1) is 0 Å². The summed E-state index contributed by atoms with van der Waals surface area (Å²) in [5.41, 5.74) is 0.889. The van der Waals surface area contributed by atoms with Crippen LogP contribution in [0.5, 0.6) is 0 Å². The van der Waals surface area contributed by atoms with Crippen molar-refractivity contribution < 1.29 is 9.53 Å². The summed E-state index contributed by atoms with van der Waals surface area (Å²) in [5, 5.41) is 12.1. The SMILES string of the molecule is CC(C)(C)OC(=O)N1CCC(n2c(=O)ccc3cnc(NC4CCCCC4)nc32)CC1.O=c1ccc2cnc(NC3CCCCC3)nc2n1C1CCNCC1. The van der Waals surface area contributed by atoms with Crippen molar-refractivity contribution in [3.8, 4) is 0 Å². The highest BCUT2D eigenvalue weighted by molar-refractivity contribution is 5.76. The molecule has 0 radical (unpaired) electrons. The van der Waals surface area contributed by atoms with Gasteiger partial charge in [0.1, 0.15) is 16.9 Å². The van der Waals surface area contributed by atoms with E-state index in [4.69, 9.17) is 14.7 Å². The lowest BCUT2D eigenvalue weighted by atomic mass is 9.96. The number of hydrogen-bond acceptors (Lipinski definition) is 11. The van der Waals surface area contributed by atoms with E-state index in [0.717, 1.165) is 55.2 Å². The number of carbonyl (C=O) groups is 1. The molecule has 4 aromatic rings. The Labute approximate surface area is 322 Å². The van der Waals surface area contributed by atoms with Crippen molar-refractivity contribution in [1.29, 1.82) is 0 Å². The molecule has 3 N–H and O–H groups in total. The Bertz CT molecular complexity index is 2030. The average Bonchev–Trinajstić information content (AvgIpc) is 3.19. The minimum Gasteiger partial charge on any atom is -0.444 e. The molecule has 0 atom stereocenters. The van der Waals surface area contributed by atoms with E-state index in [1.807, 2.05) is 37.6 Å². The summed E-state index contributed by atoms with van der Waals surface area (Å²) in [6, 6.07) is 7.91. The highest BCUT2D eigenvalue weighted by Crippen LogP contribution is 2.27. The number of aromatic nitrogens is 6. The molecule has 55 heavy (non-hydrogen) atoms. The van der Waals surface area contributed by atoms with Gasteiger partial charge in [-0.2, -0.15) is 9.97 Å². The maximum Gasteiger partial charge on any atom is 0.410 e. The predicted molar refractivity (Wildman–Crippen MR) is 216 cm³/mol. The van der Waals surface area contributed by atoms with Crippen LogP contribution in [0.25, 0.3) is 22.1 Å². The summed E-state index contributed by atoms with van der Waals surface area (Å²) in [5.74, 6) is 1.24. The fraction of sp³-hybridized carbons (Fsp3) is 0.634. The first-order chi connectivity index (χ1) is 26.6. The predicted octanol–water partition coefficient (Wildman–Crippen LogP) is 6.57. The topological polar surface area (TPSA) is 161 Å². The maximum atomic E-state index is 12.8. The molecular formula is C41H58N10O4. The lowest BCUT2D eigenvalue weighted by Gasteiger charge is -2.34. The van der Waals surface area contributed by atoms with Crippen molar-refractivity contribution in [2.45, 2.75) is 140 Å². The van der Waals surface area contributed by atoms with Crippen LogP contribution < -0.4 is 27.1 Å². The fourth-order valence-corrected chi connectivity index (χ4v) is 8.48. The zero-order valence-corrected chi connectivity index (χ0v) is 32.8. The molecule has 296 valence electrons. The Balaban J connectivity index is 0.000000174. The van der Waals surface area contributed by atoms with Crippen molar-refractivity contribution in [2.24, 2.45) is 0 Å². The molecular weight excluding hydrogens is 697 g/mol. The Hall–Kier alpha value is -4.59. The molecule has 2 aliphatic heterocycles. The molecule has 0 spiro atoms. The zero-order chi connectivity index (χ0) is 38.4. The van der Waals surface area contributed by atoms with E-state index in [1.165, 1.54) is 51.4 Å². The maximum absolute atomic E-state index is 12.8. The number of pyridine rings is 2. The van der Waals surface area contributed by atoms with Crippen molar-refractivity contribution >= 4 is 40.1 Å². The van der Waals surface area contributed by atoms with Crippen LogP contribution in [0.4, 0.5) is 16.7 Å². The van der Waals surface area contributed by atoms with Crippen molar-refractivity contribution in [1.82, 2.24) is 39.3 Å². The van der Waals surface area contributed by atoms with Crippen molar-refractivity contribution in [2.75, 3.05) is 36.8 Å². The van der Waals surface area contributed by atoms with Gasteiger partial charge in [0.15, 0.2) is 0 Å². The Morgan fingerprint density at radius 1 is 0.673 bits per heavy atom. The van der Waals surface area contributed by atoms with Crippen molar-refractivity contribution in [3.05, 3.63) is 57.4 Å². The van der Waals surface area contributed by atoms with E-state index in [0.29, 0.717) is 55.6 Å². The van der Waals surface area contributed by atoms with Gasteiger partial charge in [0.25, 0.3) is 11.1 Å². The van der Waals surface area contributed by atoms with Gasteiger partial charge in [0.05, 0.1) is 0 Å². The van der Waals surface area contributed by atoms with E-state index in [1.54, 1.807) is 33.9 Å². The summed E-state index contributed by atoms with van der Waals surface area (Å²) in [7, 11) is 0. The second kappa shape index (κ2) is 17.5. The van der Waals surface area contributed by atoms with Crippen LogP contribution in [0.15, 0.2) is 46.2 Å². The lowest BCUT2D eigenvalue weighted by Crippen LogP contribution is -2.43. The zero-order valence-electron chi connectivity index (χ0n) is 32.8. The Morgan fingerprint density at radius 2 is 1.13 bits per heavy atom. The second-order valence-electron chi connectivity index (χ2n) is 16.7. The molecule has 0 bridgehead atoms. The van der Waals surface area contributed by atoms with Gasteiger partial charge in [-0.05, 0) is 97.4 Å². The molecule has 14 heteroatoms. The first-order valence-electron chi connectivity index (χ1n) is 20.6. The number of hydrogen-bond donors (Lipinski definition) is 3. The number of carbonyl (C=O) groups excluding carboxylic acids is 1. The lowest BCUT2D eigenvalue weighted by molar-refractivity contribution is 0.0188. The standard InChI is InChI=1S/C23H33N5O3.C18H25N5O/c1-23(2,3)31-22(30)27-13-11-18(12-14-27)28-19(29)10-9-16-15-24-21(26-20(16)28)25-17-7-5-4-6-8-17;24-16-7-6-13-12-20-18(21-14-4-2-1-3-5-14)22-17(13)23(16)15-8-10-19-11-9-15/h9-10,15,17-18H,4-8,11-14H2,1-3H3,(H,24,25,26);6-7,12,14-15,19H,1-5,8-11H2,(H,20,21,22). The number of anilines is 2. The molecule has 6 heterocycles. The summed E-state index contributed by atoms with van der Waals surface area (Å²) < 4.78 is 9.16. The highest BCUT2D eigenvalue weighted by Gasteiger charge is 2.29. The molecule has 2 aliphatic carbocycles. The Kier molecular flexibility index (Phi) is 12.3. The number of fused-ring (bicyclic) bond motifs is 2. The number of rotatable bonds is 6. The normalized spacial score (nSPS) is 19.5. The van der Waals surface area contributed by atoms with Crippen LogP contribution in [0.3, 0.4) is 0 Å². The Morgan fingerprint density at radius 3 is 1.58 bits per heavy atom. The molecule has 0 aromatic carbocycles. The van der Waals surface area contributed by atoms with Gasteiger partial charge in [-0.1, -0.05) is 38.5 Å². The van der Waals surface area contributed by atoms with Crippen LogP contribution >= 0.6 is 0 Å². The van der Waals surface area contributed by atoms with E-state index >= 15 is 0 Å². The van der Waals surface area contributed by atoms with Crippen LogP contribution in [0.2, 0.25) is 0 Å². The third-order valence-corrected chi connectivity index (χ3v) is 11.4. The fourth-order valence-electron chi connectivity index (χ4n) is 8.48. The summed E-state index contributed by atoms with van der Waals surface area (Å²) in [4.78, 5) is 57.8. The van der Waals surface area contributed by atoms with Crippen LogP contribution in [-0.4, -0.2) is 83.9 Å². The monoisotopic (exact) mass is 754 g/mol. The minimum atomic E-state index is -0.515. The summed E-state index contributed by atoms with van der Waals surface area (Å²) >= 11 is 0. The van der Waals surface area contributed by atoms with Gasteiger partial charge in [-0.25, -0.2) is 14.8 Å². The van der Waals surface area contributed by atoms with Crippen LogP contribution in [-0.2, 0) is 4.74 Å². The van der Waals surface area contributed by atoms with Gasteiger partial charge >= 0.3 is 6.09 Å². The molecule has 4 fully saturated rings. The first-order valence-corrected chi connectivity index (χ1v) is 20.6. The number of likely N-dealkylation sites (tertiary alicyclic amines) is 1. The number of ether oxygens (including phenoxy) is 1. The van der Waals surface area contributed by atoms with Crippen molar-refractivity contribution in [3.63, 3.8) is 0 Å². The van der Waals surface area contributed by atoms with Gasteiger partial charge < -0.3 is 25.6 Å². The third kappa shape index (κ3) is 9.81. The smallest absolute Gasteiger partial charge is 0.410 e. The summed E-state index contributed by atoms with van der Waals surface area (Å²) in [6.45, 7) is 8.61. The molecule has 1 amide bonds. The first kappa shape index (κ1) is 38.7. The molecule has 14 nitrogen and oxygen atoms in total. The molecule has 0 unspecified atom stereocenters. The van der Waals surface area contributed by atoms with E-state index in [2.05, 4.69) is 25.9 Å². The quantitative estimate of drug-likeness (QED) is 0.195. The number of nitrogens with zero attached hydrogens (tertiary/aromatic N) is 7. The molecule has 8 rings (SSSR count). The van der Waals surface area contributed by atoms with Gasteiger partial charge in [-0.15, -0.1) is 0 Å². The van der Waals surface area contributed by atoms with Crippen LogP contribution in [0.1, 0.15) is 123 Å². The number of piperidine rings is 2. The van der Waals surface area contributed by atoms with Gasteiger partial charge in [0, 0.05) is 72.6 Å². The molecule has 4 aliphatic rings. The van der Waals surface area contributed by atoms with E-state index in [-0.39, 0.29) is 29.3 Å². The van der Waals surface area contributed by atoms with E-state index in [9.17, 15) is 14.4 Å². The number of nitrogens with one attached hydrogen (secondary N) is 3. The number of amides is 1. The van der Waals surface area contributed by atoms with Gasteiger partial charge in [-0.3, -0.25) is 18.7 Å². The summed E-state index contributed by atoms with van der Waals surface area (Å²) in [6.07, 6.45) is 18.9. The molecule has 2 saturated carbocycles. The third-order valence-electron chi connectivity index (χ3n) is 11.4. The molecule has 2 saturated heterocycles. The average molecular weight is 755 g/mol. The molecule has 4 aromatic heterocycles. The van der Waals surface area contributed by atoms with Gasteiger partial charge in [0.2, 0.25) is 11.9 Å².